The number of nitrogens with one attached hydrogen (secondary N) is 1. The van der Waals surface area contributed by atoms with Gasteiger partial charge >= 0.3 is 0 Å². The summed E-state index contributed by atoms with van der Waals surface area (Å²) < 4.78 is 0. The summed E-state index contributed by atoms with van der Waals surface area (Å²) in [5.74, 6) is 0.503. The van der Waals surface area contributed by atoms with Crippen molar-refractivity contribution in [1.29, 1.82) is 0 Å². The monoisotopic (exact) mass is 360 g/mol. The fraction of sp³-hybridized carbons (Fsp3) is 0.227. The second-order valence-corrected chi connectivity index (χ2v) is 6.54. The minimum Gasteiger partial charge on any atom is -0.340 e. The molecule has 1 amide bonds. The number of hydrogen-bond acceptors (Lipinski definition) is 4. The van der Waals surface area contributed by atoms with Crippen LogP contribution in [-0.2, 0) is 6.54 Å². The third kappa shape index (κ3) is 4.70. The molecule has 138 valence electrons. The van der Waals surface area contributed by atoms with Crippen molar-refractivity contribution in [2.24, 2.45) is 0 Å². The van der Waals surface area contributed by atoms with Crippen LogP contribution in [0.1, 0.15) is 34.1 Å². The minimum absolute atomic E-state index is 0.104. The maximum absolute atomic E-state index is 12.9. The van der Waals surface area contributed by atoms with Gasteiger partial charge in [0.15, 0.2) is 0 Å². The van der Waals surface area contributed by atoms with E-state index in [-0.39, 0.29) is 5.91 Å². The quantitative estimate of drug-likeness (QED) is 0.703. The number of hydrogen-bond donors (Lipinski definition) is 1. The lowest BCUT2D eigenvalue weighted by Gasteiger charge is -2.20. The van der Waals surface area contributed by atoms with Gasteiger partial charge in [-0.25, -0.2) is 9.97 Å². The van der Waals surface area contributed by atoms with Gasteiger partial charge in [-0.05, 0) is 38.0 Å². The number of carbonyl (C=O) groups is 1. The van der Waals surface area contributed by atoms with Crippen molar-refractivity contribution < 1.29 is 4.79 Å². The number of aryl methyl sites for hydroxylation is 2. The molecule has 0 saturated carbocycles. The topological polar surface area (TPSA) is 58.1 Å². The Morgan fingerprint density at radius 3 is 2.52 bits per heavy atom. The average molecular weight is 360 g/mol. The van der Waals surface area contributed by atoms with E-state index < -0.39 is 0 Å². The molecular formula is C22H24N4O. The lowest BCUT2D eigenvalue weighted by molar-refractivity contribution is 0.0746. The van der Waals surface area contributed by atoms with E-state index in [4.69, 9.17) is 0 Å². The van der Waals surface area contributed by atoms with Crippen LogP contribution in [0.3, 0.4) is 0 Å². The highest BCUT2D eigenvalue weighted by Crippen LogP contribution is 2.20. The summed E-state index contributed by atoms with van der Waals surface area (Å²) in [7, 11) is 0. The normalized spacial score (nSPS) is 10.5. The van der Waals surface area contributed by atoms with E-state index in [0.29, 0.717) is 24.6 Å². The highest BCUT2D eigenvalue weighted by molar-refractivity contribution is 5.93. The summed E-state index contributed by atoms with van der Waals surface area (Å²) in [5, 5.41) is 3.28. The molecule has 3 rings (SSSR count). The van der Waals surface area contributed by atoms with Crippen molar-refractivity contribution in [3.8, 4) is 0 Å². The van der Waals surface area contributed by atoms with Gasteiger partial charge in [0.05, 0.1) is 0 Å². The van der Waals surface area contributed by atoms with Crippen molar-refractivity contribution in [3.63, 3.8) is 0 Å². The largest absolute Gasteiger partial charge is 0.340 e. The number of carbonyl (C=O) groups excluding carboxylic acids is 1. The first-order valence-corrected chi connectivity index (χ1v) is 9.06. The van der Waals surface area contributed by atoms with Crippen LogP contribution in [0.25, 0.3) is 0 Å². The standard InChI is InChI=1S/C22H24N4O/c1-4-26(14-18-8-6-5-7-9-18)22(27)20-13-21(24-15-23-20)25-19-11-10-16(2)12-17(19)3/h5-13,15H,4,14H2,1-3H3,(H,23,24,25). The molecule has 0 spiro atoms. The second-order valence-electron chi connectivity index (χ2n) is 6.54. The van der Waals surface area contributed by atoms with E-state index in [1.165, 1.54) is 11.9 Å². The van der Waals surface area contributed by atoms with Crippen LogP contribution in [-0.4, -0.2) is 27.3 Å². The summed E-state index contributed by atoms with van der Waals surface area (Å²) in [6, 6.07) is 17.8. The minimum atomic E-state index is -0.104. The van der Waals surface area contributed by atoms with Gasteiger partial charge in [0.2, 0.25) is 0 Å². The Morgan fingerprint density at radius 1 is 1.04 bits per heavy atom. The molecule has 5 nitrogen and oxygen atoms in total. The molecule has 0 aliphatic rings. The van der Waals surface area contributed by atoms with Crippen LogP contribution >= 0.6 is 0 Å². The van der Waals surface area contributed by atoms with Crippen LogP contribution in [0, 0.1) is 13.8 Å². The SMILES string of the molecule is CCN(Cc1ccccc1)C(=O)c1cc(Nc2ccc(C)cc2C)ncn1. The van der Waals surface area contributed by atoms with Gasteiger partial charge in [-0.2, -0.15) is 0 Å². The smallest absolute Gasteiger partial charge is 0.272 e. The fourth-order valence-electron chi connectivity index (χ4n) is 2.93. The molecule has 1 aromatic heterocycles. The Bertz CT molecular complexity index is 925. The lowest BCUT2D eigenvalue weighted by Crippen LogP contribution is -2.31. The number of nitrogens with zero attached hydrogens (tertiary/aromatic N) is 3. The van der Waals surface area contributed by atoms with Crippen molar-refractivity contribution in [2.75, 3.05) is 11.9 Å². The Morgan fingerprint density at radius 2 is 1.81 bits per heavy atom. The fourth-order valence-corrected chi connectivity index (χ4v) is 2.93. The van der Waals surface area contributed by atoms with Crippen molar-refractivity contribution >= 4 is 17.4 Å². The summed E-state index contributed by atoms with van der Waals surface area (Å²) in [6.45, 7) is 7.24. The zero-order valence-corrected chi connectivity index (χ0v) is 15.9. The first kappa shape index (κ1) is 18.6. The molecule has 0 bridgehead atoms. The molecule has 0 atom stereocenters. The predicted octanol–water partition coefficient (Wildman–Crippen LogP) is 4.50. The Hall–Kier alpha value is -3.21. The van der Waals surface area contributed by atoms with Gasteiger partial charge in [0, 0.05) is 24.8 Å². The van der Waals surface area contributed by atoms with Crippen LogP contribution in [0.4, 0.5) is 11.5 Å². The zero-order chi connectivity index (χ0) is 19.2. The van der Waals surface area contributed by atoms with Crippen molar-refractivity contribution in [3.05, 3.63) is 83.3 Å². The summed E-state index contributed by atoms with van der Waals surface area (Å²) in [6.07, 6.45) is 1.43. The van der Waals surface area contributed by atoms with Crippen LogP contribution in [0.2, 0.25) is 0 Å². The van der Waals surface area contributed by atoms with E-state index in [9.17, 15) is 4.79 Å². The zero-order valence-electron chi connectivity index (χ0n) is 15.9. The van der Waals surface area contributed by atoms with Crippen molar-refractivity contribution in [2.45, 2.75) is 27.3 Å². The molecule has 5 heteroatoms. The first-order valence-electron chi connectivity index (χ1n) is 9.06. The highest BCUT2D eigenvalue weighted by atomic mass is 16.2. The average Bonchev–Trinajstić information content (AvgIpc) is 2.69. The third-order valence-corrected chi connectivity index (χ3v) is 4.42. The molecule has 0 fully saturated rings. The van der Waals surface area contributed by atoms with Gasteiger partial charge in [-0.15, -0.1) is 0 Å². The molecule has 0 aliphatic carbocycles. The van der Waals surface area contributed by atoms with Crippen LogP contribution < -0.4 is 5.32 Å². The highest BCUT2D eigenvalue weighted by Gasteiger charge is 2.17. The van der Waals surface area contributed by atoms with Crippen molar-refractivity contribution in [1.82, 2.24) is 14.9 Å². The Labute approximate surface area is 160 Å². The Kier molecular flexibility index (Phi) is 5.81. The summed E-state index contributed by atoms with van der Waals surface area (Å²) >= 11 is 0. The third-order valence-electron chi connectivity index (χ3n) is 4.42. The Balaban J connectivity index is 1.78. The summed E-state index contributed by atoms with van der Waals surface area (Å²) in [4.78, 5) is 23.1. The van der Waals surface area contributed by atoms with Gasteiger partial charge in [0.25, 0.3) is 5.91 Å². The molecule has 2 aromatic carbocycles. The predicted molar refractivity (Wildman–Crippen MR) is 108 cm³/mol. The molecule has 27 heavy (non-hydrogen) atoms. The first-order chi connectivity index (χ1) is 13.1. The molecule has 0 unspecified atom stereocenters. The van der Waals surface area contributed by atoms with E-state index in [0.717, 1.165) is 16.8 Å². The number of amides is 1. The maximum atomic E-state index is 12.9. The van der Waals surface area contributed by atoms with E-state index in [1.807, 2.05) is 56.3 Å². The molecule has 0 aliphatic heterocycles. The molecule has 0 saturated heterocycles. The van der Waals surface area contributed by atoms with Gasteiger partial charge in [0.1, 0.15) is 17.8 Å². The number of anilines is 2. The number of benzene rings is 2. The maximum Gasteiger partial charge on any atom is 0.272 e. The van der Waals surface area contributed by atoms with Gasteiger partial charge in [-0.3, -0.25) is 4.79 Å². The second kappa shape index (κ2) is 8.45. The van der Waals surface area contributed by atoms with Crippen LogP contribution in [0.5, 0.6) is 0 Å². The molecule has 1 heterocycles. The number of aromatic nitrogens is 2. The molecular weight excluding hydrogens is 336 g/mol. The van der Waals surface area contributed by atoms with Gasteiger partial charge < -0.3 is 10.2 Å². The van der Waals surface area contributed by atoms with E-state index in [2.05, 4.69) is 28.3 Å². The van der Waals surface area contributed by atoms with Crippen LogP contribution in [0.15, 0.2) is 60.9 Å². The lowest BCUT2D eigenvalue weighted by atomic mass is 10.1. The number of rotatable bonds is 6. The molecule has 0 radical (unpaired) electrons. The van der Waals surface area contributed by atoms with E-state index in [1.54, 1.807) is 11.0 Å². The summed E-state index contributed by atoms with van der Waals surface area (Å²) in [5.41, 5.74) is 4.77. The molecule has 1 N–H and O–H groups in total. The van der Waals surface area contributed by atoms with Gasteiger partial charge in [-0.1, -0.05) is 48.0 Å². The molecule has 3 aromatic rings. The van der Waals surface area contributed by atoms with E-state index >= 15 is 0 Å².